The van der Waals surface area contributed by atoms with Crippen molar-refractivity contribution in [3.63, 3.8) is 0 Å². The van der Waals surface area contributed by atoms with E-state index < -0.39 is 0 Å². The zero-order valence-corrected chi connectivity index (χ0v) is 8.64. The van der Waals surface area contributed by atoms with Crippen LogP contribution in [-0.2, 0) is 0 Å². The first-order chi connectivity index (χ1) is 7.34. The molecule has 0 atom stereocenters. The number of hydrogen-bond donors (Lipinski definition) is 0. The third-order valence-corrected chi connectivity index (χ3v) is 2.74. The van der Waals surface area contributed by atoms with Gasteiger partial charge < -0.3 is 4.90 Å². The van der Waals surface area contributed by atoms with E-state index in [1.807, 2.05) is 7.05 Å². The minimum atomic E-state index is 0.751. The van der Waals surface area contributed by atoms with Gasteiger partial charge in [-0.15, -0.1) is 0 Å². The van der Waals surface area contributed by atoms with E-state index in [0.717, 1.165) is 12.0 Å². The van der Waals surface area contributed by atoms with Crippen molar-refractivity contribution in [1.29, 1.82) is 0 Å². The van der Waals surface area contributed by atoms with Crippen molar-refractivity contribution >= 4 is 17.0 Å². The Balaban J connectivity index is 2.51. The quantitative estimate of drug-likeness (QED) is 0.616. The molecule has 1 heterocycles. The van der Waals surface area contributed by atoms with Crippen molar-refractivity contribution in [3.05, 3.63) is 47.0 Å². The third-order valence-electron chi connectivity index (χ3n) is 2.74. The second-order valence-electron chi connectivity index (χ2n) is 3.91. The van der Waals surface area contributed by atoms with Crippen LogP contribution in [0.2, 0.25) is 0 Å². The largest absolute Gasteiger partial charge is 0.361 e. The van der Waals surface area contributed by atoms with Crippen LogP contribution < -0.4 is 10.6 Å². The fraction of sp³-hybridized carbons (Fsp3) is 0.154. The number of rotatable bonds is 0. The average molecular weight is 196 g/mol. The molecular weight excluding hydrogens is 184 g/mol. The lowest BCUT2D eigenvalue weighted by atomic mass is 10.1. The molecule has 0 fully saturated rings. The van der Waals surface area contributed by atoms with Crippen LogP contribution in [0.5, 0.6) is 0 Å². The van der Waals surface area contributed by atoms with Crippen LogP contribution in [0.25, 0.3) is 17.0 Å². The van der Waals surface area contributed by atoms with Gasteiger partial charge in [-0.25, -0.2) is 0 Å². The Morgan fingerprint density at radius 2 is 2.00 bits per heavy atom. The lowest BCUT2D eigenvalue weighted by Crippen LogP contribution is -2.34. The van der Waals surface area contributed by atoms with Crippen molar-refractivity contribution in [2.45, 2.75) is 0 Å². The summed E-state index contributed by atoms with van der Waals surface area (Å²) in [5, 5.41) is 4.85. The van der Waals surface area contributed by atoms with Gasteiger partial charge in [-0.05, 0) is 5.39 Å². The fourth-order valence-electron chi connectivity index (χ4n) is 2.01. The standard InChI is InChI=1S/C13H12N2/c1-15-8-11-7-6-10-4-2-3-5-12(10)13(11)14-9-15/h2-8H,9H2,1H3. The summed E-state index contributed by atoms with van der Waals surface area (Å²) in [6, 6.07) is 12.7. The van der Waals surface area contributed by atoms with Crippen molar-refractivity contribution < 1.29 is 0 Å². The van der Waals surface area contributed by atoms with Crippen molar-refractivity contribution in [3.8, 4) is 0 Å². The van der Waals surface area contributed by atoms with Crippen LogP contribution in [0.1, 0.15) is 0 Å². The topological polar surface area (TPSA) is 15.6 Å². The lowest BCUT2D eigenvalue weighted by molar-refractivity contribution is 0.499. The molecule has 0 saturated carbocycles. The van der Waals surface area contributed by atoms with E-state index in [0.29, 0.717) is 0 Å². The molecule has 0 bridgehead atoms. The van der Waals surface area contributed by atoms with Crippen LogP contribution in [0, 0.1) is 0 Å². The molecule has 2 aromatic carbocycles. The summed E-state index contributed by atoms with van der Waals surface area (Å²) in [6.07, 6.45) is 2.15. The molecule has 2 aromatic rings. The van der Waals surface area contributed by atoms with Crippen LogP contribution in [0.3, 0.4) is 0 Å². The molecule has 1 aliphatic heterocycles. The minimum absolute atomic E-state index is 0.751. The van der Waals surface area contributed by atoms with Gasteiger partial charge in [-0.3, -0.25) is 4.99 Å². The molecule has 1 aliphatic rings. The van der Waals surface area contributed by atoms with E-state index in [1.165, 1.54) is 16.0 Å². The Hall–Kier alpha value is -1.83. The number of benzene rings is 2. The molecule has 0 amide bonds. The molecule has 0 aromatic heterocycles. The minimum Gasteiger partial charge on any atom is -0.361 e. The Morgan fingerprint density at radius 1 is 1.13 bits per heavy atom. The van der Waals surface area contributed by atoms with Crippen molar-refractivity contribution in [1.82, 2.24) is 4.90 Å². The average Bonchev–Trinajstić information content (AvgIpc) is 2.28. The fourth-order valence-corrected chi connectivity index (χ4v) is 2.01. The molecule has 74 valence electrons. The van der Waals surface area contributed by atoms with Gasteiger partial charge in [0.15, 0.2) is 0 Å². The van der Waals surface area contributed by atoms with E-state index in [1.54, 1.807) is 0 Å². The maximum atomic E-state index is 4.60. The zero-order chi connectivity index (χ0) is 10.3. The normalized spacial score (nSPS) is 14.3. The van der Waals surface area contributed by atoms with Crippen molar-refractivity contribution in [2.75, 3.05) is 13.7 Å². The highest BCUT2D eigenvalue weighted by atomic mass is 15.2. The number of hydrogen-bond acceptors (Lipinski definition) is 2. The zero-order valence-electron chi connectivity index (χ0n) is 8.64. The number of nitrogens with zero attached hydrogens (tertiary/aromatic N) is 2. The van der Waals surface area contributed by atoms with Crippen LogP contribution in [-0.4, -0.2) is 18.6 Å². The van der Waals surface area contributed by atoms with Crippen LogP contribution in [0.15, 0.2) is 41.4 Å². The SMILES string of the molecule is CN1C=c2ccc3ccccc3c2=NC1. The second kappa shape index (κ2) is 3.09. The predicted octanol–water partition coefficient (Wildman–Crippen LogP) is 1.10. The van der Waals surface area contributed by atoms with Gasteiger partial charge in [-0.1, -0.05) is 36.4 Å². The van der Waals surface area contributed by atoms with Gasteiger partial charge in [0.25, 0.3) is 0 Å². The summed E-state index contributed by atoms with van der Waals surface area (Å²) >= 11 is 0. The van der Waals surface area contributed by atoms with E-state index >= 15 is 0 Å². The van der Waals surface area contributed by atoms with Gasteiger partial charge in [0.05, 0.1) is 5.36 Å². The van der Waals surface area contributed by atoms with Gasteiger partial charge in [0, 0.05) is 23.9 Å². The first-order valence-corrected chi connectivity index (χ1v) is 5.09. The molecule has 0 unspecified atom stereocenters. The summed E-state index contributed by atoms with van der Waals surface area (Å²) in [6.45, 7) is 0.751. The lowest BCUT2D eigenvalue weighted by Gasteiger charge is -2.14. The summed E-state index contributed by atoms with van der Waals surface area (Å²) in [7, 11) is 2.04. The monoisotopic (exact) mass is 196 g/mol. The summed E-state index contributed by atoms with van der Waals surface area (Å²) in [5.41, 5.74) is 0. The van der Waals surface area contributed by atoms with Gasteiger partial charge >= 0.3 is 0 Å². The molecule has 2 nitrogen and oxygen atoms in total. The van der Waals surface area contributed by atoms with Crippen LogP contribution in [0.4, 0.5) is 0 Å². The highest BCUT2D eigenvalue weighted by molar-refractivity contribution is 5.82. The molecule has 3 rings (SSSR count). The van der Waals surface area contributed by atoms with Gasteiger partial charge in [0.2, 0.25) is 0 Å². The van der Waals surface area contributed by atoms with Gasteiger partial charge in [0.1, 0.15) is 6.67 Å². The maximum Gasteiger partial charge on any atom is 0.110 e. The predicted molar refractivity (Wildman–Crippen MR) is 61.8 cm³/mol. The van der Waals surface area contributed by atoms with Gasteiger partial charge in [-0.2, -0.15) is 0 Å². The molecule has 15 heavy (non-hydrogen) atoms. The molecule has 2 heteroatoms. The van der Waals surface area contributed by atoms with E-state index in [-0.39, 0.29) is 0 Å². The Labute approximate surface area is 88.2 Å². The molecule has 0 radical (unpaired) electrons. The first-order valence-electron chi connectivity index (χ1n) is 5.09. The highest BCUT2D eigenvalue weighted by Crippen LogP contribution is 2.07. The van der Waals surface area contributed by atoms with Crippen LogP contribution >= 0.6 is 0 Å². The van der Waals surface area contributed by atoms with E-state index in [2.05, 4.69) is 52.5 Å². The second-order valence-corrected chi connectivity index (χ2v) is 3.91. The number of fused-ring (bicyclic) bond motifs is 3. The highest BCUT2D eigenvalue weighted by Gasteiger charge is 2.01. The van der Waals surface area contributed by atoms with Crippen molar-refractivity contribution in [2.24, 2.45) is 4.99 Å². The molecule has 0 spiro atoms. The summed E-state index contributed by atoms with van der Waals surface area (Å²) in [4.78, 5) is 6.69. The third kappa shape index (κ3) is 1.30. The molecular formula is C13H12N2. The van der Waals surface area contributed by atoms with E-state index in [9.17, 15) is 0 Å². The Morgan fingerprint density at radius 3 is 2.93 bits per heavy atom. The summed E-state index contributed by atoms with van der Waals surface area (Å²) in [5.74, 6) is 0. The Kier molecular flexibility index (Phi) is 1.75. The molecule has 0 saturated heterocycles. The smallest absolute Gasteiger partial charge is 0.110 e. The first kappa shape index (κ1) is 8.48. The maximum absolute atomic E-state index is 4.60. The molecule has 0 aliphatic carbocycles. The molecule has 0 N–H and O–H groups in total. The van der Waals surface area contributed by atoms with E-state index in [4.69, 9.17) is 0 Å². The Bertz CT molecular complexity index is 629. The summed E-state index contributed by atoms with van der Waals surface area (Å²) < 4.78 is 0.